The Morgan fingerprint density at radius 2 is 2.00 bits per heavy atom. The zero-order valence-electron chi connectivity index (χ0n) is 14.6. The lowest BCUT2D eigenvalue weighted by molar-refractivity contribution is 0.320. The van der Waals surface area contributed by atoms with Crippen molar-refractivity contribution in [3.63, 3.8) is 0 Å². The lowest BCUT2D eigenvalue weighted by Crippen LogP contribution is -2.20. The van der Waals surface area contributed by atoms with Crippen LogP contribution in [0.15, 0.2) is 51.5 Å². The van der Waals surface area contributed by atoms with Crippen molar-refractivity contribution in [3.8, 4) is 11.7 Å². The van der Waals surface area contributed by atoms with Gasteiger partial charge in [0.2, 0.25) is 5.89 Å². The number of aromatic nitrogens is 2. The fourth-order valence-electron chi connectivity index (χ4n) is 3.23. The van der Waals surface area contributed by atoms with E-state index in [1.54, 1.807) is 6.26 Å². The first-order valence-corrected chi connectivity index (χ1v) is 8.55. The van der Waals surface area contributed by atoms with Gasteiger partial charge in [0, 0.05) is 32.9 Å². The first-order chi connectivity index (χ1) is 12.2. The molecule has 1 fully saturated rings. The smallest absolute Gasteiger partial charge is 0.283 e. The molecule has 0 radical (unpaired) electrons. The van der Waals surface area contributed by atoms with Crippen molar-refractivity contribution in [1.82, 2.24) is 15.1 Å². The van der Waals surface area contributed by atoms with Crippen LogP contribution in [0.3, 0.4) is 0 Å². The minimum absolute atomic E-state index is 0.289. The molecule has 130 valence electrons. The molecule has 0 saturated carbocycles. The molecule has 6 nitrogen and oxygen atoms in total. The van der Waals surface area contributed by atoms with Gasteiger partial charge in [0.1, 0.15) is 0 Å². The predicted molar refractivity (Wildman–Crippen MR) is 95.4 cm³/mol. The summed E-state index contributed by atoms with van der Waals surface area (Å²) in [6.07, 6.45) is 2.65. The highest BCUT2D eigenvalue weighted by molar-refractivity contribution is 5.46. The fourth-order valence-corrected chi connectivity index (χ4v) is 3.23. The van der Waals surface area contributed by atoms with Crippen molar-refractivity contribution in [1.29, 1.82) is 0 Å². The van der Waals surface area contributed by atoms with Crippen LogP contribution in [0.25, 0.3) is 11.7 Å². The van der Waals surface area contributed by atoms with Gasteiger partial charge in [0.25, 0.3) is 5.89 Å². The first kappa shape index (κ1) is 15.9. The molecule has 1 aromatic carbocycles. The molecule has 3 heterocycles. The summed E-state index contributed by atoms with van der Waals surface area (Å²) >= 11 is 0. The average Bonchev–Trinajstić information content (AvgIpc) is 3.36. The SMILES string of the molecule is CN(C)c1ccc(CN2CC[C@H](c3nnc(-c4ccco4)o3)C2)cc1. The Morgan fingerprint density at radius 1 is 1.16 bits per heavy atom. The molecule has 0 N–H and O–H groups in total. The quantitative estimate of drug-likeness (QED) is 0.711. The van der Waals surface area contributed by atoms with Crippen molar-refractivity contribution in [2.24, 2.45) is 0 Å². The molecule has 25 heavy (non-hydrogen) atoms. The molecular weight excluding hydrogens is 316 g/mol. The van der Waals surface area contributed by atoms with Gasteiger partial charge in [-0.2, -0.15) is 0 Å². The summed E-state index contributed by atoms with van der Waals surface area (Å²) in [6, 6.07) is 12.4. The minimum Gasteiger partial charge on any atom is -0.459 e. The maximum atomic E-state index is 5.80. The van der Waals surface area contributed by atoms with E-state index < -0.39 is 0 Å². The van der Waals surface area contributed by atoms with Crippen LogP contribution in [-0.4, -0.2) is 42.3 Å². The molecule has 3 aromatic rings. The summed E-state index contributed by atoms with van der Waals surface area (Å²) in [5, 5.41) is 8.32. The van der Waals surface area contributed by atoms with Gasteiger partial charge < -0.3 is 13.7 Å². The highest BCUT2D eigenvalue weighted by atomic mass is 16.4. The molecule has 0 unspecified atom stereocenters. The summed E-state index contributed by atoms with van der Waals surface area (Å²) in [5.41, 5.74) is 2.55. The molecule has 1 aliphatic heterocycles. The van der Waals surface area contributed by atoms with E-state index in [1.807, 2.05) is 12.1 Å². The summed E-state index contributed by atoms with van der Waals surface area (Å²) in [4.78, 5) is 4.55. The monoisotopic (exact) mass is 338 g/mol. The number of rotatable bonds is 5. The summed E-state index contributed by atoms with van der Waals surface area (Å²) in [5.74, 6) is 2.07. The van der Waals surface area contributed by atoms with Gasteiger partial charge >= 0.3 is 0 Å². The Balaban J connectivity index is 1.38. The molecule has 0 amide bonds. The van der Waals surface area contributed by atoms with Crippen LogP contribution in [-0.2, 0) is 6.54 Å². The number of furan rings is 1. The zero-order chi connectivity index (χ0) is 17.2. The van der Waals surface area contributed by atoms with Crippen LogP contribution in [0, 0.1) is 0 Å². The third kappa shape index (κ3) is 3.44. The normalized spacial score (nSPS) is 17.9. The van der Waals surface area contributed by atoms with E-state index in [-0.39, 0.29) is 5.92 Å². The van der Waals surface area contributed by atoms with Crippen LogP contribution < -0.4 is 4.90 Å². The van der Waals surface area contributed by atoms with Gasteiger partial charge in [-0.15, -0.1) is 10.2 Å². The summed E-state index contributed by atoms with van der Waals surface area (Å²) < 4.78 is 11.1. The third-order valence-electron chi connectivity index (χ3n) is 4.65. The maximum Gasteiger partial charge on any atom is 0.283 e. The molecular formula is C19H22N4O2. The number of hydrogen-bond acceptors (Lipinski definition) is 6. The van der Waals surface area contributed by atoms with Crippen LogP contribution in [0.1, 0.15) is 23.8 Å². The van der Waals surface area contributed by atoms with E-state index in [0.29, 0.717) is 17.5 Å². The molecule has 1 aliphatic rings. The van der Waals surface area contributed by atoms with Gasteiger partial charge in [0.15, 0.2) is 5.76 Å². The predicted octanol–water partition coefficient (Wildman–Crippen LogP) is 3.39. The zero-order valence-corrected chi connectivity index (χ0v) is 14.6. The third-order valence-corrected chi connectivity index (χ3v) is 4.65. The van der Waals surface area contributed by atoms with E-state index in [9.17, 15) is 0 Å². The lowest BCUT2D eigenvalue weighted by atomic mass is 10.1. The molecule has 1 saturated heterocycles. The van der Waals surface area contributed by atoms with Gasteiger partial charge in [-0.3, -0.25) is 4.90 Å². The Hall–Kier alpha value is -2.60. The van der Waals surface area contributed by atoms with Crippen molar-refractivity contribution < 1.29 is 8.83 Å². The molecule has 0 spiro atoms. The lowest BCUT2D eigenvalue weighted by Gasteiger charge is -2.17. The van der Waals surface area contributed by atoms with Gasteiger partial charge in [-0.1, -0.05) is 12.1 Å². The van der Waals surface area contributed by atoms with E-state index >= 15 is 0 Å². The second kappa shape index (κ2) is 6.72. The summed E-state index contributed by atoms with van der Waals surface area (Å²) in [6.45, 7) is 2.93. The van der Waals surface area contributed by atoms with Crippen molar-refractivity contribution >= 4 is 5.69 Å². The largest absolute Gasteiger partial charge is 0.459 e. The van der Waals surface area contributed by atoms with Gasteiger partial charge in [-0.05, 0) is 42.8 Å². The van der Waals surface area contributed by atoms with Crippen molar-refractivity contribution in [3.05, 3.63) is 54.1 Å². The summed E-state index contributed by atoms with van der Waals surface area (Å²) in [7, 11) is 4.11. The average molecular weight is 338 g/mol. The Labute approximate surface area is 147 Å². The number of nitrogens with zero attached hydrogens (tertiary/aromatic N) is 4. The second-order valence-electron chi connectivity index (χ2n) is 6.70. The molecule has 1 atom stereocenters. The van der Waals surface area contributed by atoms with E-state index in [0.717, 1.165) is 26.1 Å². The highest BCUT2D eigenvalue weighted by Crippen LogP contribution is 2.29. The highest BCUT2D eigenvalue weighted by Gasteiger charge is 2.28. The van der Waals surface area contributed by atoms with Crippen LogP contribution in [0.5, 0.6) is 0 Å². The van der Waals surface area contributed by atoms with Crippen LogP contribution in [0.4, 0.5) is 5.69 Å². The van der Waals surface area contributed by atoms with Crippen LogP contribution >= 0.6 is 0 Å². The minimum atomic E-state index is 0.289. The number of likely N-dealkylation sites (tertiary alicyclic amines) is 1. The van der Waals surface area contributed by atoms with E-state index in [4.69, 9.17) is 8.83 Å². The second-order valence-corrected chi connectivity index (χ2v) is 6.70. The Kier molecular flexibility index (Phi) is 4.28. The van der Waals surface area contributed by atoms with Crippen LogP contribution in [0.2, 0.25) is 0 Å². The van der Waals surface area contributed by atoms with Gasteiger partial charge in [0.05, 0.1) is 12.2 Å². The van der Waals surface area contributed by atoms with Gasteiger partial charge in [-0.25, -0.2) is 0 Å². The molecule has 0 bridgehead atoms. The number of hydrogen-bond donors (Lipinski definition) is 0. The topological polar surface area (TPSA) is 58.5 Å². The molecule has 2 aromatic heterocycles. The molecule has 0 aliphatic carbocycles. The standard InChI is InChI=1S/C19H22N4O2/c1-22(2)16-7-5-14(6-8-16)12-23-10-9-15(13-23)18-20-21-19(25-18)17-4-3-11-24-17/h3-8,11,15H,9-10,12-13H2,1-2H3/t15-/m0/s1. The first-order valence-electron chi connectivity index (χ1n) is 8.55. The van der Waals surface area contributed by atoms with E-state index in [2.05, 4.69) is 58.4 Å². The Morgan fingerprint density at radius 3 is 2.72 bits per heavy atom. The van der Waals surface area contributed by atoms with Crippen molar-refractivity contribution in [2.45, 2.75) is 18.9 Å². The maximum absolute atomic E-state index is 5.80. The fraction of sp³-hybridized carbons (Fsp3) is 0.368. The number of benzene rings is 1. The van der Waals surface area contributed by atoms with Crippen molar-refractivity contribution in [2.75, 3.05) is 32.1 Å². The molecule has 4 rings (SSSR count). The Bertz CT molecular complexity index is 808. The van der Waals surface area contributed by atoms with E-state index in [1.165, 1.54) is 11.3 Å². The number of anilines is 1. The molecule has 6 heteroatoms.